The van der Waals surface area contributed by atoms with Crippen molar-refractivity contribution in [2.24, 2.45) is 0 Å². The van der Waals surface area contributed by atoms with E-state index in [-0.39, 0.29) is 29.6 Å². The van der Waals surface area contributed by atoms with Crippen molar-refractivity contribution >= 4 is 35.1 Å². The highest BCUT2D eigenvalue weighted by Gasteiger charge is 2.27. The molecule has 1 aliphatic heterocycles. The summed E-state index contributed by atoms with van der Waals surface area (Å²) in [6.45, 7) is -0.106. The summed E-state index contributed by atoms with van der Waals surface area (Å²) in [4.78, 5) is 36.2. The molecule has 0 aliphatic carbocycles. The molecule has 25 heavy (non-hydrogen) atoms. The standard InChI is InChI=1S/C17H13ClFN3O3/c18-13-2-1-3-14(19)12(13)8-20-16(24)10-4-6-11(7-5-10)22-9-15(23)21-17(22)25/h1-7H,8-9H2,(H,20,24)(H,21,23,25). The molecule has 2 aromatic carbocycles. The minimum absolute atomic E-state index is 0.0465. The van der Waals surface area contributed by atoms with Gasteiger partial charge in [0.25, 0.3) is 5.91 Å². The number of urea groups is 1. The smallest absolute Gasteiger partial charge is 0.329 e. The number of halogens is 2. The molecule has 0 atom stereocenters. The van der Waals surface area contributed by atoms with E-state index >= 15 is 0 Å². The number of hydrogen-bond acceptors (Lipinski definition) is 3. The number of imide groups is 1. The second-order valence-corrected chi connectivity index (χ2v) is 5.78. The maximum atomic E-state index is 13.7. The van der Waals surface area contributed by atoms with Crippen LogP contribution >= 0.6 is 11.6 Å². The number of carbonyl (C=O) groups is 3. The molecule has 0 aromatic heterocycles. The minimum atomic E-state index is -0.503. The lowest BCUT2D eigenvalue weighted by atomic mass is 10.1. The van der Waals surface area contributed by atoms with Crippen LogP contribution in [0, 0.1) is 5.82 Å². The molecule has 4 amide bonds. The Morgan fingerprint density at radius 2 is 1.92 bits per heavy atom. The van der Waals surface area contributed by atoms with E-state index in [1.54, 1.807) is 18.2 Å². The van der Waals surface area contributed by atoms with Crippen molar-refractivity contribution in [2.45, 2.75) is 6.54 Å². The first-order valence-corrected chi connectivity index (χ1v) is 7.76. The van der Waals surface area contributed by atoms with Crippen molar-refractivity contribution in [3.63, 3.8) is 0 Å². The number of hydrogen-bond donors (Lipinski definition) is 2. The summed E-state index contributed by atoms with van der Waals surface area (Å²) in [5.74, 6) is -1.28. The number of anilines is 1. The average Bonchev–Trinajstić information content (AvgIpc) is 2.93. The maximum absolute atomic E-state index is 13.7. The van der Waals surface area contributed by atoms with Gasteiger partial charge < -0.3 is 5.32 Å². The zero-order valence-electron chi connectivity index (χ0n) is 12.9. The third-order valence-corrected chi connectivity index (χ3v) is 4.08. The number of nitrogens with zero attached hydrogens (tertiary/aromatic N) is 1. The van der Waals surface area contributed by atoms with Gasteiger partial charge in [0.05, 0.1) is 0 Å². The van der Waals surface area contributed by atoms with E-state index in [0.717, 1.165) is 0 Å². The lowest BCUT2D eigenvalue weighted by Crippen LogP contribution is -2.28. The van der Waals surface area contributed by atoms with E-state index in [2.05, 4.69) is 10.6 Å². The number of benzene rings is 2. The van der Waals surface area contributed by atoms with Crippen LogP contribution in [0.4, 0.5) is 14.9 Å². The number of rotatable bonds is 4. The monoisotopic (exact) mass is 361 g/mol. The van der Waals surface area contributed by atoms with Crippen LogP contribution in [0.15, 0.2) is 42.5 Å². The first kappa shape index (κ1) is 16.9. The summed E-state index contributed by atoms with van der Waals surface area (Å²) in [6, 6.07) is 9.95. The van der Waals surface area contributed by atoms with Gasteiger partial charge >= 0.3 is 6.03 Å². The molecule has 6 nitrogen and oxygen atoms in total. The first-order valence-electron chi connectivity index (χ1n) is 7.38. The Morgan fingerprint density at radius 1 is 1.20 bits per heavy atom. The molecule has 1 fully saturated rings. The van der Waals surface area contributed by atoms with Gasteiger partial charge in [-0.15, -0.1) is 0 Å². The van der Waals surface area contributed by atoms with Crippen LogP contribution in [0.5, 0.6) is 0 Å². The van der Waals surface area contributed by atoms with Crippen molar-refractivity contribution in [3.8, 4) is 0 Å². The Hall–Kier alpha value is -2.93. The predicted octanol–water partition coefficient (Wildman–Crippen LogP) is 2.47. The average molecular weight is 362 g/mol. The normalized spacial score (nSPS) is 13.8. The molecule has 0 saturated carbocycles. The highest BCUT2D eigenvalue weighted by molar-refractivity contribution is 6.31. The summed E-state index contributed by atoms with van der Waals surface area (Å²) < 4.78 is 13.7. The van der Waals surface area contributed by atoms with Gasteiger partial charge in [0.1, 0.15) is 12.4 Å². The van der Waals surface area contributed by atoms with Gasteiger partial charge in [-0.1, -0.05) is 17.7 Å². The van der Waals surface area contributed by atoms with Crippen molar-refractivity contribution in [2.75, 3.05) is 11.4 Å². The lowest BCUT2D eigenvalue weighted by Gasteiger charge is -2.13. The van der Waals surface area contributed by atoms with E-state index in [1.807, 2.05) is 0 Å². The summed E-state index contributed by atoms with van der Waals surface area (Å²) in [7, 11) is 0. The van der Waals surface area contributed by atoms with Gasteiger partial charge in [0.15, 0.2) is 0 Å². The SMILES string of the molecule is O=C1CN(c2ccc(C(=O)NCc3c(F)cccc3Cl)cc2)C(=O)N1. The molecular formula is C17H13ClFN3O3. The molecular weight excluding hydrogens is 349 g/mol. The van der Waals surface area contributed by atoms with Gasteiger partial charge in [-0.2, -0.15) is 0 Å². The second-order valence-electron chi connectivity index (χ2n) is 5.37. The molecule has 2 aromatic rings. The van der Waals surface area contributed by atoms with E-state index in [4.69, 9.17) is 11.6 Å². The first-order chi connectivity index (χ1) is 12.0. The molecule has 1 saturated heterocycles. The molecule has 8 heteroatoms. The summed E-state index contributed by atoms with van der Waals surface area (Å²) in [5.41, 5.74) is 1.04. The molecule has 3 rings (SSSR count). The van der Waals surface area contributed by atoms with Crippen molar-refractivity contribution in [1.82, 2.24) is 10.6 Å². The van der Waals surface area contributed by atoms with Crippen LogP contribution in [-0.2, 0) is 11.3 Å². The molecule has 0 unspecified atom stereocenters. The van der Waals surface area contributed by atoms with Crippen molar-refractivity contribution in [3.05, 3.63) is 64.4 Å². The topological polar surface area (TPSA) is 78.5 Å². The zero-order chi connectivity index (χ0) is 18.0. The molecule has 2 N–H and O–H groups in total. The number of carbonyl (C=O) groups excluding carboxylic acids is 3. The highest BCUT2D eigenvalue weighted by atomic mass is 35.5. The van der Waals surface area contributed by atoms with Gasteiger partial charge in [0.2, 0.25) is 5.91 Å². The van der Waals surface area contributed by atoms with Crippen molar-refractivity contribution in [1.29, 1.82) is 0 Å². The Bertz CT molecular complexity index is 834. The summed E-state index contributed by atoms with van der Waals surface area (Å²) >= 11 is 5.92. The van der Waals surface area contributed by atoms with E-state index in [9.17, 15) is 18.8 Å². The van der Waals surface area contributed by atoms with Gasteiger partial charge in [0, 0.05) is 28.4 Å². The van der Waals surface area contributed by atoms with Gasteiger partial charge in [-0.3, -0.25) is 19.8 Å². The maximum Gasteiger partial charge on any atom is 0.329 e. The Balaban J connectivity index is 1.67. The quantitative estimate of drug-likeness (QED) is 0.821. The van der Waals surface area contributed by atoms with Crippen LogP contribution in [0.2, 0.25) is 5.02 Å². The van der Waals surface area contributed by atoms with Crippen LogP contribution in [0.1, 0.15) is 15.9 Å². The minimum Gasteiger partial charge on any atom is -0.348 e. The van der Waals surface area contributed by atoms with Gasteiger partial charge in [-0.25, -0.2) is 9.18 Å². The zero-order valence-corrected chi connectivity index (χ0v) is 13.6. The Morgan fingerprint density at radius 3 is 2.52 bits per heavy atom. The second kappa shape index (κ2) is 6.90. The highest BCUT2D eigenvalue weighted by Crippen LogP contribution is 2.20. The third kappa shape index (κ3) is 3.61. The van der Waals surface area contributed by atoms with Crippen LogP contribution in [-0.4, -0.2) is 24.4 Å². The molecule has 128 valence electrons. The van der Waals surface area contributed by atoms with Gasteiger partial charge in [-0.05, 0) is 36.4 Å². The lowest BCUT2D eigenvalue weighted by molar-refractivity contribution is -0.117. The molecule has 0 spiro atoms. The summed E-state index contributed by atoms with van der Waals surface area (Å²) in [5, 5.41) is 5.00. The predicted molar refractivity (Wildman–Crippen MR) is 89.9 cm³/mol. The fourth-order valence-electron chi connectivity index (χ4n) is 2.41. The van der Waals surface area contributed by atoms with Crippen molar-refractivity contribution < 1.29 is 18.8 Å². The van der Waals surface area contributed by atoms with Crippen LogP contribution in [0.25, 0.3) is 0 Å². The van der Waals surface area contributed by atoms with E-state index in [1.165, 1.54) is 29.2 Å². The molecule has 0 radical (unpaired) electrons. The summed E-state index contributed by atoms with van der Waals surface area (Å²) in [6.07, 6.45) is 0. The number of amides is 4. The van der Waals surface area contributed by atoms with Crippen LogP contribution < -0.4 is 15.5 Å². The van der Waals surface area contributed by atoms with Crippen LogP contribution in [0.3, 0.4) is 0 Å². The fraction of sp³-hybridized carbons (Fsp3) is 0.118. The molecule has 0 bridgehead atoms. The molecule has 1 aliphatic rings. The number of nitrogens with one attached hydrogen (secondary N) is 2. The van der Waals surface area contributed by atoms with E-state index < -0.39 is 17.8 Å². The third-order valence-electron chi connectivity index (χ3n) is 3.72. The Kier molecular flexibility index (Phi) is 4.67. The molecule has 1 heterocycles. The Labute approximate surface area is 147 Å². The largest absolute Gasteiger partial charge is 0.348 e. The fourth-order valence-corrected chi connectivity index (χ4v) is 2.64. The van der Waals surface area contributed by atoms with E-state index in [0.29, 0.717) is 11.3 Å².